The number of hydrogen-bond donors (Lipinski definition) is 1. The van der Waals surface area contributed by atoms with Crippen LogP contribution in [-0.2, 0) is 11.2 Å². The molecular weight excluding hydrogens is 264 g/mol. The number of carbonyl (C=O) groups excluding carboxylic acids is 1. The fourth-order valence-electron chi connectivity index (χ4n) is 3.08. The molecule has 0 heterocycles. The summed E-state index contributed by atoms with van der Waals surface area (Å²) >= 11 is 0. The molecule has 0 amide bonds. The predicted octanol–water partition coefficient (Wildman–Crippen LogP) is 4.34. The van der Waals surface area contributed by atoms with Gasteiger partial charge in [-0.25, -0.2) is 0 Å². The largest absolute Gasteiger partial charge is 0.481 e. The predicted molar refractivity (Wildman–Crippen MR) is 82.8 cm³/mol. The average Bonchev–Trinajstić information content (AvgIpc) is 2.90. The lowest BCUT2D eigenvalue weighted by atomic mass is 9.97. The Labute approximate surface area is 126 Å². The summed E-state index contributed by atoms with van der Waals surface area (Å²) in [6.45, 7) is 2.18. The summed E-state index contributed by atoms with van der Waals surface area (Å²) < 4.78 is 0. The third kappa shape index (κ3) is 3.93. The zero-order chi connectivity index (χ0) is 15.2. The molecule has 0 bridgehead atoms. The average molecular weight is 288 g/mol. The maximum absolute atomic E-state index is 12.2. The number of carboxylic acids is 1. The third-order valence-electron chi connectivity index (χ3n) is 4.35. The van der Waals surface area contributed by atoms with Gasteiger partial charge in [0.15, 0.2) is 5.78 Å². The highest BCUT2D eigenvalue weighted by molar-refractivity contribution is 5.96. The highest BCUT2D eigenvalue weighted by Crippen LogP contribution is 2.34. The normalized spacial score (nSPS) is 16.7. The zero-order valence-corrected chi connectivity index (χ0v) is 12.7. The smallest absolute Gasteiger partial charge is 0.310 e. The van der Waals surface area contributed by atoms with Crippen LogP contribution in [0.1, 0.15) is 79.3 Å². The number of carboxylic acid groups (broad SMARTS) is 1. The first-order chi connectivity index (χ1) is 10.1. The van der Waals surface area contributed by atoms with Crippen LogP contribution in [-0.4, -0.2) is 16.9 Å². The van der Waals surface area contributed by atoms with Crippen molar-refractivity contribution in [1.29, 1.82) is 0 Å². The first-order valence-electron chi connectivity index (χ1n) is 8.02. The molecule has 21 heavy (non-hydrogen) atoms. The number of unbranched alkanes of at least 4 members (excludes halogenated alkanes) is 4. The molecule has 3 heteroatoms. The van der Waals surface area contributed by atoms with Gasteiger partial charge in [0, 0.05) is 12.0 Å². The van der Waals surface area contributed by atoms with E-state index in [-0.39, 0.29) is 5.78 Å². The van der Waals surface area contributed by atoms with Gasteiger partial charge in [-0.15, -0.1) is 0 Å². The molecule has 1 aromatic rings. The fraction of sp³-hybridized carbons (Fsp3) is 0.556. The van der Waals surface area contributed by atoms with Crippen LogP contribution < -0.4 is 0 Å². The number of aliphatic carboxylic acids is 1. The first-order valence-corrected chi connectivity index (χ1v) is 8.02. The van der Waals surface area contributed by atoms with Crippen molar-refractivity contribution in [2.45, 2.75) is 64.2 Å². The summed E-state index contributed by atoms with van der Waals surface area (Å²) in [5, 5.41) is 9.16. The van der Waals surface area contributed by atoms with Gasteiger partial charge >= 0.3 is 5.97 Å². The van der Waals surface area contributed by atoms with Crippen molar-refractivity contribution in [3.05, 3.63) is 34.9 Å². The highest BCUT2D eigenvalue weighted by atomic mass is 16.4. The molecule has 0 aromatic heterocycles. The Balaban J connectivity index is 1.93. The minimum Gasteiger partial charge on any atom is -0.481 e. The molecule has 0 saturated heterocycles. The number of rotatable bonds is 8. The summed E-state index contributed by atoms with van der Waals surface area (Å²) in [6, 6.07) is 5.55. The van der Waals surface area contributed by atoms with Gasteiger partial charge in [0.25, 0.3) is 0 Å². The Morgan fingerprint density at radius 2 is 1.95 bits per heavy atom. The molecule has 0 radical (unpaired) electrons. The van der Waals surface area contributed by atoms with E-state index in [9.17, 15) is 9.59 Å². The molecule has 0 spiro atoms. The van der Waals surface area contributed by atoms with Gasteiger partial charge in [-0.1, -0.05) is 44.7 Å². The molecule has 1 N–H and O–H groups in total. The molecule has 0 saturated carbocycles. The molecule has 1 aromatic carbocycles. The number of fused-ring (bicyclic) bond motifs is 1. The van der Waals surface area contributed by atoms with E-state index < -0.39 is 11.9 Å². The van der Waals surface area contributed by atoms with E-state index in [0.29, 0.717) is 12.8 Å². The second kappa shape index (κ2) is 7.39. The Hall–Kier alpha value is -1.64. The van der Waals surface area contributed by atoms with Crippen molar-refractivity contribution < 1.29 is 14.7 Å². The summed E-state index contributed by atoms with van der Waals surface area (Å²) in [5.41, 5.74) is 2.68. The van der Waals surface area contributed by atoms with Gasteiger partial charge in [0.1, 0.15) is 0 Å². The summed E-state index contributed by atoms with van der Waals surface area (Å²) in [4.78, 5) is 23.3. The molecule has 0 fully saturated rings. The second-order valence-electron chi connectivity index (χ2n) is 5.93. The summed E-state index contributed by atoms with van der Waals surface area (Å²) in [6.07, 6.45) is 7.74. The lowest BCUT2D eigenvalue weighted by Gasteiger charge is -2.07. The van der Waals surface area contributed by atoms with Crippen molar-refractivity contribution in [1.82, 2.24) is 0 Å². The summed E-state index contributed by atoms with van der Waals surface area (Å²) in [7, 11) is 0. The van der Waals surface area contributed by atoms with Crippen LogP contribution >= 0.6 is 0 Å². The highest BCUT2D eigenvalue weighted by Gasteiger charge is 2.28. The molecule has 114 valence electrons. The van der Waals surface area contributed by atoms with E-state index in [1.54, 1.807) is 6.07 Å². The number of benzene rings is 1. The van der Waals surface area contributed by atoms with E-state index >= 15 is 0 Å². The van der Waals surface area contributed by atoms with Gasteiger partial charge in [-0.3, -0.25) is 9.59 Å². The van der Waals surface area contributed by atoms with Gasteiger partial charge < -0.3 is 5.11 Å². The molecule has 1 aliphatic carbocycles. The van der Waals surface area contributed by atoms with Crippen LogP contribution in [0.5, 0.6) is 0 Å². The van der Waals surface area contributed by atoms with E-state index in [2.05, 4.69) is 6.92 Å². The van der Waals surface area contributed by atoms with Crippen molar-refractivity contribution in [2.24, 2.45) is 0 Å². The molecule has 0 aliphatic heterocycles. The molecule has 1 aliphatic rings. The topological polar surface area (TPSA) is 54.4 Å². The van der Waals surface area contributed by atoms with Crippen LogP contribution in [0.2, 0.25) is 0 Å². The van der Waals surface area contributed by atoms with E-state index in [4.69, 9.17) is 5.11 Å². The Kier molecular flexibility index (Phi) is 5.54. The number of ketones is 1. The second-order valence-corrected chi connectivity index (χ2v) is 5.93. The van der Waals surface area contributed by atoms with Crippen LogP contribution in [0, 0.1) is 0 Å². The quantitative estimate of drug-likeness (QED) is 0.571. The van der Waals surface area contributed by atoms with Crippen molar-refractivity contribution in [2.75, 3.05) is 0 Å². The Morgan fingerprint density at radius 1 is 1.19 bits per heavy atom. The third-order valence-corrected chi connectivity index (χ3v) is 4.35. The van der Waals surface area contributed by atoms with E-state index in [1.807, 2.05) is 12.1 Å². The summed E-state index contributed by atoms with van der Waals surface area (Å²) in [5.74, 6) is -0.963. The minimum atomic E-state index is -0.760. The lowest BCUT2D eigenvalue weighted by Crippen LogP contribution is -2.08. The number of Topliss-reactive ketones (excluding diaryl/α,β-unsaturated/α-hetero) is 1. The fourth-order valence-corrected chi connectivity index (χ4v) is 3.08. The molecular formula is C18H24O3. The van der Waals surface area contributed by atoms with Crippen LogP contribution in [0.3, 0.4) is 0 Å². The number of aryl methyl sites for hydroxylation is 1. The van der Waals surface area contributed by atoms with Gasteiger partial charge in [-0.2, -0.15) is 0 Å². The van der Waals surface area contributed by atoms with Gasteiger partial charge in [0.2, 0.25) is 0 Å². The van der Waals surface area contributed by atoms with Gasteiger partial charge in [-0.05, 0) is 36.5 Å². The van der Waals surface area contributed by atoms with E-state index in [0.717, 1.165) is 36.0 Å². The van der Waals surface area contributed by atoms with E-state index in [1.165, 1.54) is 19.3 Å². The maximum atomic E-state index is 12.2. The van der Waals surface area contributed by atoms with Gasteiger partial charge in [0.05, 0.1) is 5.92 Å². The van der Waals surface area contributed by atoms with Crippen molar-refractivity contribution in [3.8, 4) is 0 Å². The standard InChI is InChI=1S/C18H24O3/c1-2-3-4-5-6-7-17(19)14-9-10-15-13(12-14)8-11-16(15)18(20)21/h9-10,12,16H,2-8,11H2,1H3,(H,20,21). The molecule has 2 rings (SSSR count). The first kappa shape index (κ1) is 15.7. The Bertz CT molecular complexity index is 519. The minimum absolute atomic E-state index is 0.188. The van der Waals surface area contributed by atoms with Crippen LogP contribution in [0.25, 0.3) is 0 Å². The maximum Gasteiger partial charge on any atom is 0.310 e. The van der Waals surface area contributed by atoms with Crippen molar-refractivity contribution >= 4 is 11.8 Å². The Morgan fingerprint density at radius 3 is 2.67 bits per heavy atom. The molecule has 1 atom stereocenters. The van der Waals surface area contributed by atoms with Crippen LogP contribution in [0.4, 0.5) is 0 Å². The number of carbonyl (C=O) groups is 2. The monoisotopic (exact) mass is 288 g/mol. The lowest BCUT2D eigenvalue weighted by molar-refractivity contribution is -0.138. The molecule has 3 nitrogen and oxygen atoms in total. The number of hydrogen-bond acceptors (Lipinski definition) is 2. The molecule has 1 unspecified atom stereocenters. The zero-order valence-electron chi connectivity index (χ0n) is 12.7. The SMILES string of the molecule is CCCCCCCC(=O)c1ccc2c(c1)CCC2C(=O)O. The van der Waals surface area contributed by atoms with Crippen LogP contribution in [0.15, 0.2) is 18.2 Å². The van der Waals surface area contributed by atoms with Crippen molar-refractivity contribution in [3.63, 3.8) is 0 Å².